The van der Waals surface area contributed by atoms with E-state index in [2.05, 4.69) is 30.7 Å². The maximum absolute atomic E-state index is 15.0. The average molecular weight is 564 g/mol. The fourth-order valence-corrected chi connectivity index (χ4v) is 5.18. The SMILES string of the molecule is Cc1nc2c(F)cc(-c3nc(Nc4ccc(C(=O)N5CCC(C)(C(=O)NN)CC5)cn4)ncc3F)cc2n1C(C)C. The monoisotopic (exact) mass is 563 g/mol. The van der Waals surface area contributed by atoms with Crippen LogP contribution in [0.1, 0.15) is 55.8 Å². The summed E-state index contributed by atoms with van der Waals surface area (Å²) in [4.78, 5) is 43.6. The highest BCUT2D eigenvalue weighted by atomic mass is 19.1. The van der Waals surface area contributed by atoms with Crippen molar-refractivity contribution in [2.45, 2.75) is 46.6 Å². The molecule has 4 aromatic rings. The van der Waals surface area contributed by atoms with Gasteiger partial charge in [-0.2, -0.15) is 0 Å². The number of hydrogen-bond donors (Lipinski definition) is 3. The zero-order chi connectivity index (χ0) is 29.5. The van der Waals surface area contributed by atoms with Gasteiger partial charge in [0.1, 0.15) is 22.9 Å². The van der Waals surface area contributed by atoms with Gasteiger partial charge >= 0.3 is 0 Å². The molecule has 5 rings (SSSR count). The Kier molecular flexibility index (Phi) is 7.39. The second-order valence-electron chi connectivity index (χ2n) is 10.7. The topological polar surface area (TPSA) is 144 Å². The number of aromatic nitrogens is 5. The third kappa shape index (κ3) is 5.32. The number of halogens is 2. The van der Waals surface area contributed by atoms with Crippen LogP contribution in [0.15, 0.2) is 36.7 Å². The van der Waals surface area contributed by atoms with Crippen molar-refractivity contribution in [3.05, 3.63) is 59.7 Å². The number of likely N-dealkylation sites (tertiary alicyclic amines) is 1. The molecule has 3 aromatic heterocycles. The quantitative estimate of drug-likeness (QED) is 0.181. The van der Waals surface area contributed by atoms with Gasteiger partial charge < -0.3 is 14.8 Å². The Labute approximate surface area is 235 Å². The van der Waals surface area contributed by atoms with Gasteiger partial charge in [0.2, 0.25) is 11.9 Å². The van der Waals surface area contributed by atoms with Crippen molar-refractivity contribution in [2.24, 2.45) is 11.3 Å². The maximum Gasteiger partial charge on any atom is 0.255 e. The summed E-state index contributed by atoms with van der Waals surface area (Å²) in [6.45, 7) is 8.38. The first-order valence-electron chi connectivity index (χ1n) is 13.2. The van der Waals surface area contributed by atoms with Gasteiger partial charge in [-0.25, -0.2) is 34.6 Å². The molecule has 41 heavy (non-hydrogen) atoms. The zero-order valence-electron chi connectivity index (χ0n) is 23.2. The first-order chi connectivity index (χ1) is 19.5. The molecular weight excluding hydrogens is 532 g/mol. The number of benzene rings is 1. The predicted octanol–water partition coefficient (Wildman–Crippen LogP) is 4.03. The molecule has 4 N–H and O–H groups in total. The van der Waals surface area contributed by atoms with Gasteiger partial charge in [-0.3, -0.25) is 15.0 Å². The number of fused-ring (bicyclic) bond motifs is 1. The highest BCUT2D eigenvalue weighted by molar-refractivity contribution is 5.94. The summed E-state index contributed by atoms with van der Waals surface area (Å²) in [6, 6.07) is 6.10. The number of carbonyl (C=O) groups excluding carboxylic acids is 2. The van der Waals surface area contributed by atoms with Crippen molar-refractivity contribution in [2.75, 3.05) is 18.4 Å². The van der Waals surface area contributed by atoms with Crippen LogP contribution in [0.4, 0.5) is 20.5 Å². The third-order valence-electron chi connectivity index (χ3n) is 7.54. The Morgan fingerprint density at radius 1 is 1.05 bits per heavy atom. The summed E-state index contributed by atoms with van der Waals surface area (Å²) in [5.74, 6) is 4.60. The summed E-state index contributed by atoms with van der Waals surface area (Å²) < 4.78 is 31.7. The summed E-state index contributed by atoms with van der Waals surface area (Å²) in [5, 5.41) is 2.91. The van der Waals surface area contributed by atoms with Gasteiger partial charge in [-0.15, -0.1) is 0 Å². The van der Waals surface area contributed by atoms with E-state index in [9.17, 15) is 18.4 Å². The number of rotatable bonds is 6. The Morgan fingerprint density at radius 3 is 2.41 bits per heavy atom. The van der Waals surface area contributed by atoms with Crippen LogP contribution in [-0.4, -0.2) is 54.3 Å². The van der Waals surface area contributed by atoms with E-state index in [-0.39, 0.29) is 40.6 Å². The van der Waals surface area contributed by atoms with Crippen molar-refractivity contribution >= 4 is 34.6 Å². The highest BCUT2D eigenvalue weighted by Gasteiger charge is 2.38. The molecule has 1 saturated heterocycles. The minimum absolute atomic E-state index is 0.0239. The molecule has 214 valence electrons. The first-order valence-corrected chi connectivity index (χ1v) is 13.2. The molecule has 0 atom stereocenters. The third-order valence-corrected chi connectivity index (χ3v) is 7.54. The zero-order valence-corrected chi connectivity index (χ0v) is 23.2. The molecule has 0 unspecified atom stereocenters. The maximum atomic E-state index is 15.0. The second-order valence-corrected chi connectivity index (χ2v) is 10.7. The largest absolute Gasteiger partial charge is 0.339 e. The molecule has 0 aliphatic carbocycles. The number of nitrogens with two attached hydrogens (primary N) is 1. The number of hydrogen-bond acceptors (Lipinski definition) is 8. The van der Waals surface area contributed by atoms with Crippen LogP contribution in [0.25, 0.3) is 22.3 Å². The second kappa shape index (κ2) is 10.8. The summed E-state index contributed by atoms with van der Waals surface area (Å²) in [5.41, 5.74) is 2.89. The molecule has 2 amide bonds. The molecule has 1 aliphatic heterocycles. The lowest BCUT2D eigenvalue weighted by Gasteiger charge is -2.37. The molecule has 4 heterocycles. The molecular formula is C28H31F2N9O2. The molecule has 1 aromatic carbocycles. The number of aryl methyl sites for hydroxylation is 1. The van der Waals surface area contributed by atoms with Crippen molar-refractivity contribution in [3.8, 4) is 11.3 Å². The van der Waals surface area contributed by atoms with Gasteiger partial charge in [0.15, 0.2) is 11.6 Å². The Bertz CT molecular complexity index is 1630. The van der Waals surface area contributed by atoms with Crippen LogP contribution in [0.2, 0.25) is 0 Å². The molecule has 0 bridgehead atoms. The fourth-order valence-electron chi connectivity index (χ4n) is 5.18. The van der Waals surface area contributed by atoms with E-state index in [4.69, 9.17) is 5.84 Å². The molecule has 0 saturated carbocycles. The number of pyridine rings is 1. The van der Waals surface area contributed by atoms with E-state index in [0.717, 1.165) is 6.20 Å². The lowest BCUT2D eigenvalue weighted by Crippen LogP contribution is -2.50. The normalized spacial score (nSPS) is 14.9. The van der Waals surface area contributed by atoms with Crippen molar-refractivity contribution < 1.29 is 18.4 Å². The first kappa shape index (κ1) is 28.0. The minimum Gasteiger partial charge on any atom is -0.339 e. The summed E-state index contributed by atoms with van der Waals surface area (Å²) in [7, 11) is 0. The van der Waals surface area contributed by atoms with Gasteiger partial charge in [0.05, 0.1) is 22.7 Å². The van der Waals surface area contributed by atoms with E-state index in [1.807, 2.05) is 25.3 Å². The Hall–Kier alpha value is -4.52. The van der Waals surface area contributed by atoms with Crippen molar-refractivity contribution in [3.63, 3.8) is 0 Å². The highest BCUT2D eigenvalue weighted by Crippen LogP contribution is 2.32. The van der Waals surface area contributed by atoms with Crippen molar-refractivity contribution in [1.29, 1.82) is 0 Å². The van der Waals surface area contributed by atoms with Crippen LogP contribution >= 0.6 is 0 Å². The number of amides is 2. The molecule has 0 radical (unpaired) electrons. The molecule has 1 fully saturated rings. The standard InChI is InChI=1S/C28H31F2N9O2/c1-15(2)39-16(3)34-24-19(29)11-18(12-21(24)39)23-20(30)14-33-27(36-23)35-22-6-5-17(13-32-22)25(40)38-9-7-28(4,8-10-38)26(41)37-31/h5-6,11-15H,7-10,31H2,1-4H3,(H,37,41)(H,32,33,35,36). The lowest BCUT2D eigenvalue weighted by molar-refractivity contribution is -0.132. The lowest BCUT2D eigenvalue weighted by atomic mass is 9.79. The average Bonchev–Trinajstić information content (AvgIpc) is 3.30. The summed E-state index contributed by atoms with van der Waals surface area (Å²) >= 11 is 0. The number of imidazole rings is 1. The molecule has 0 spiro atoms. The minimum atomic E-state index is -0.711. The van der Waals surface area contributed by atoms with E-state index in [1.165, 1.54) is 12.3 Å². The van der Waals surface area contributed by atoms with Crippen LogP contribution in [0.3, 0.4) is 0 Å². The van der Waals surface area contributed by atoms with E-state index < -0.39 is 17.0 Å². The number of anilines is 2. The van der Waals surface area contributed by atoms with Gasteiger partial charge in [0, 0.05) is 30.9 Å². The Morgan fingerprint density at radius 2 is 1.78 bits per heavy atom. The predicted molar refractivity (Wildman–Crippen MR) is 149 cm³/mol. The Balaban J connectivity index is 1.33. The molecule has 1 aliphatic rings. The molecule has 13 heteroatoms. The van der Waals surface area contributed by atoms with Crippen molar-refractivity contribution in [1.82, 2.24) is 34.8 Å². The number of nitrogens with one attached hydrogen (secondary N) is 2. The van der Waals surface area contributed by atoms with Crippen LogP contribution in [0.5, 0.6) is 0 Å². The number of nitrogens with zero attached hydrogens (tertiary/aromatic N) is 6. The summed E-state index contributed by atoms with van der Waals surface area (Å²) in [6.07, 6.45) is 3.42. The van der Waals surface area contributed by atoms with E-state index >= 15 is 0 Å². The number of piperidine rings is 1. The number of carbonyl (C=O) groups is 2. The van der Waals surface area contributed by atoms with Gasteiger partial charge in [0.25, 0.3) is 5.91 Å². The molecule has 11 nitrogen and oxygen atoms in total. The van der Waals surface area contributed by atoms with E-state index in [0.29, 0.717) is 48.7 Å². The number of hydrazine groups is 1. The van der Waals surface area contributed by atoms with Crippen LogP contribution in [0, 0.1) is 24.0 Å². The van der Waals surface area contributed by atoms with Crippen LogP contribution in [-0.2, 0) is 4.79 Å². The smallest absolute Gasteiger partial charge is 0.255 e. The fraction of sp³-hybridized carbons (Fsp3) is 0.357. The van der Waals surface area contributed by atoms with E-state index in [1.54, 1.807) is 30.0 Å². The van der Waals surface area contributed by atoms with Gasteiger partial charge in [-0.05, 0) is 57.9 Å². The van der Waals surface area contributed by atoms with Crippen LogP contribution < -0.4 is 16.6 Å². The van der Waals surface area contributed by atoms with Gasteiger partial charge in [-0.1, -0.05) is 6.92 Å².